The molecule has 0 heterocycles. The van der Waals surface area contributed by atoms with Gasteiger partial charge in [0.1, 0.15) is 0 Å². The van der Waals surface area contributed by atoms with Gasteiger partial charge in [-0.1, -0.05) is 19.2 Å². The molecule has 1 unspecified atom stereocenters. The average molecular weight is 537 g/mol. The van der Waals surface area contributed by atoms with Crippen LogP contribution in [0.1, 0.15) is 57.8 Å². The second-order valence-corrected chi connectivity index (χ2v) is 10.4. The molecule has 4 bridgehead atoms. The SMILES string of the molecule is C=COC(=O)C(OCCCCC(F)(F)C(F)(F)S)(OC(=O)C12CC3CC(CC(C3)C1)C2)C(F)(F)F. The first kappa shape index (κ1) is 28.1. The molecule has 0 amide bonds. The first-order chi connectivity index (χ1) is 16.1. The van der Waals surface area contributed by atoms with Crippen molar-refractivity contribution in [3.8, 4) is 0 Å². The molecule has 4 fully saturated rings. The first-order valence-electron chi connectivity index (χ1n) is 11.3. The zero-order valence-corrected chi connectivity index (χ0v) is 19.6. The molecule has 0 radical (unpaired) electrons. The Morgan fingerprint density at radius 2 is 1.46 bits per heavy atom. The Morgan fingerprint density at radius 3 is 1.89 bits per heavy atom. The molecule has 0 aromatic rings. The van der Waals surface area contributed by atoms with Gasteiger partial charge in [0.25, 0.3) is 0 Å². The van der Waals surface area contributed by atoms with E-state index in [4.69, 9.17) is 9.47 Å². The molecule has 0 spiro atoms. The summed E-state index contributed by atoms with van der Waals surface area (Å²) in [4.78, 5) is 25.6. The smallest absolute Gasteiger partial charge is 0.430 e. The van der Waals surface area contributed by atoms with Crippen molar-refractivity contribution in [1.82, 2.24) is 0 Å². The van der Waals surface area contributed by atoms with Crippen LogP contribution in [0.3, 0.4) is 0 Å². The number of unbranched alkanes of at least 4 members (excludes halogenated alkanes) is 1. The van der Waals surface area contributed by atoms with E-state index < -0.39 is 66.4 Å². The zero-order chi connectivity index (χ0) is 26.3. The Hall–Kier alpha value is -1.50. The number of alkyl halides is 7. The van der Waals surface area contributed by atoms with Gasteiger partial charge in [0.15, 0.2) is 0 Å². The summed E-state index contributed by atoms with van der Waals surface area (Å²) < 4.78 is 109. The molecule has 4 saturated carbocycles. The highest BCUT2D eigenvalue weighted by atomic mass is 32.1. The summed E-state index contributed by atoms with van der Waals surface area (Å²) in [7, 11) is 0. The Balaban J connectivity index is 1.75. The van der Waals surface area contributed by atoms with E-state index in [1.54, 1.807) is 0 Å². The monoisotopic (exact) mass is 536 g/mol. The number of hydrogen-bond acceptors (Lipinski definition) is 6. The topological polar surface area (TPSA) is 61.8 Å². The highest BCUT2D eigenvalue weighted by Gasteiger charge is 2.69. The third kappa shape index (κ3) is 5.60. The van der Waals surface area contributed by atoms with Crippen LogP contribution in [0.2, 0.25) is 0 Å². The molecule has 0 saturated heterocycles. The van der Waals surface area contributed by atoms with Gasteiger partial charge in [0, 0.05) is 6.42 Å². The fraction of sp³-hybridized carbons (Fsp3) is 0.818. The molecular formula is C22H27F7O5S. The van der Waals surface area contributed by atoms with E-state index in [1.807, 2.05) is 0 Å². The van der Waals surface area contributed by atoms with Crippen LogP contribution in [0.25, 0.3) is 0 Å². The largest absolute Gasteiger partial charge is 0.468 e. The van der Waals surface area contributed by atoms with Crippen LogP contribution >= 0.6 is 12.6 Å². The molecule has 0 aliphatic heterocycles. The minimum Gasteiger partial charge on any atom is -0.430 e. The summed E-state index contributed by atoms with van der Waals surface area (Å²) in [5.74, 6) is -11.5. The van der Waals surface area contributed by atoms with Crippen molar-refractivity contribution in [3.05, 3.63) is 12.8 Å². The normalized spacial score (nSPS) is 30.0. The van der Waals surface area contributed by atoms with E-state index in [2.05, 4.69) is 23.9 Å². The summed E-state index contributed by atoms with van der Waals surface area (Å²) in [5, 5.41) is -4.62. The van der Waals surface area contributed by atoms with E-state index in [9.17, 15) is 40.3 Å². The third-order valence-corrected chi connectivity index (χ3v) is 7.50. The van der Waals surface area contributed by atoms with Crippen LogP contribution in [0.15, 0.2) is 12.8 Å². The minimum atomic E-state index is -5.59. The highest BCUT2D eigenvalue weighted by Crippen LogP contribution is 2.61. The van der Waals surface area contributed by atoms with Crippen molar-refractivity contribution in [2.75, 3.05) is 6.61 Å². The van der Waals surface area contributed by atoms with Crippen molar-refractivity contribution < 1.29 is 54.5 Å². The van der Waals surface area contributed by atoms with Gasteiger partial charge >= 0.3 is 35.1 Å². The number of halogens is 7. The van der Waals surface area contributed by atoms with E-state index in [1.165, 1.54) is 0 Å². The molecule has 1 atom stereocenters. The van der Waals surface area contributed by atoms with Crippen molar-refractivity contribution in [2.24, 2.45) is 23.2 Å². The van der Waals surface area contributed by atoms with Gasteiger partial charge in [-0.25, -0.2) is 4.79 Å². The molecular weight excluding hydrogens is 509 g/mol. The molecule has 35 heavy (non-hydrogen) atoms. The number of carbonyl (C=O) groups is 2. The molecule has 200 valence electrons. The van der Waals surface area contributed by atoms with E-state index in [-0.39, 0.29) is 17.8 Å². The van der Waals surface area contributed by atoms with Gasteiger partial charge in [0.2, 0.25) is 0 Å². The van der Waals surface area contributed by atoms with Gasteiger partial charge < -0.3 is 14.2 Å². The van der Waals surface area contributed by atoms with Gasteiger partial charge in [-0.15, -0.1) is 0 Å². The van der Waals surface area contributed by atoms with Crippen molar-refractivity contribution in [1.29, 1.82) is 0 Å². The molecule has 5 nitrogen and oxygen atoms in total. The maximum Gasteiger partial charge on any atom is 0.468 e. The highest BCUT2D eigenvalue weighted by molar-refractivity contribution is 7.81. The van der Waals surface area contributed by atoms with Crippen LogP contribution in [-0.4, -0.2) is 41.7 Å². The van der Waals surface area contributed by atoms with Crippen molar-refractivity contribution in [2.45, 2.75) is 80.9 Å². The molecule has 13 heteroatoms. The average Bonchev–Trinajstić information content (AvgIpc) is 2.69. The molecule has 0 N–H and O–H groups in total. The Bertz CT molecular complexity index is 791. The quantitative estimate of drug-likeness (QED) is 0.0872. The second kappa shape index (κ2) is 9.75. The van der Waals surface area contributed by atoms with Crippen LogP contribution < -0.4 is 0 Å². The fourth-order valence-corrected chi connectivity index (χ4v) is 6.07. The minimum absolute atomic E-state index is 0.182. The lowest BCUT2D eigenvalue weighted by Crippen LogP contribution is -2.61. The third-order valence-electron chi connectivity index (χ3n) is 7.17. The van der Waals surface area contributed by atoms with Gasteiger partial charge in [-0.2, -0.15) is 30.7 Å². The number of ether oxygens (including phenoxy) is 3. The van der Waals surface area contributed by atoms with Gasteiger partial charge in [-0.05, 0) is 69.1 Å². The van der Waals surface area contributed by atoms with E-state index >= 15 is 0 Å². The van der Waals surface area contributed by atoms with Crippen LogP contribution in [-0.2, 0) is 23.8 Å². The van der Waals surface area contributed by atoms with Gasteiger partial charge in [0.05, 0.1) is 18.3 Å². The first-order valence-corrected chi connectivity index (χ1v) is 11.7. The van der Waals surface area contributed by atoms with Crippen molar-refractivity contribution >= 4 is 24.6 Å². The number of rotatable bonds is 11. The lowest BCUT2D eigenvalue weighted by Gasteiger charge is -2.55. The number of esters is 2. The van der Waals surface area contributed by atoms with Crippen molar-refractivity contribution in [3.63, 3.8) is 0 Å². The van der Waals surface area contributed by atoms with Crippen LogP contribution in [0.4, 0.5) is 30.7 Å². The Kier molecular flexibility index (Phi) is 7.82. The number of hydrogen-bond donors (Lipinski definition) is 1. The summed E-state index contributed by atoms with van der Waals surface area (Å²) in [6, 6.07) is 0. The maximum atomic E-state index is 14.2. The second-order valence-electron chi connectivity index (χ2n) is 9.82. The summed E-state index contributed by atoms with van der Waals surface area (Å²) in [5.41, 5.74) is -1.18. The van der Waals surface area contributed by atoms with E-state index in [0.717, 1.165) is 19.3 Å². The lowest BCUT2D eigenvalue weighted by molar-refractivity contribution is -0.358. The molecule has 0 aromatic carbocycles. The predicted octanol–water partition coefficient (Wildman–Crippen LogP) is 6.04. The molecule has 4 aliphatic carbocycles. The summed E-state index contributed by atoms with van der Waals surface area (Å²) >= 11 is 2.53. The Morgan fingerprint density at radius 1 is 0.943 bits per heavy atom. The summed E-state index contributed by atoms with van der Waals surface area (Å²) in [6.45, 7) is 2.02. The standard InChI is InChI=1S/C22H27F7O5S/c1-2-32-17(31)20(21(25,26)27,33-6-4-3-5-19(23,24)22(28,29)35)34-16(30)18-10-13-7-14(11-18)9-15(8-13)12-18/h2,13-15,35H,1,3-12H2. The van der Waals surface area contributed by atoms with E-state index in [0.29, 0.717) is 25.5 Å². The number of carbonyl (C=O) groups excluding carboxylic acids is 2. The van der Waals surface area contributed by atoms with Crippen LogP contribution in [0, 0.1) is 23.2 Å². The predicted molar refractivity (Wildman–Crippen MR) is 110 cm³/mol. The Labute approximate surface area is 203 Å². The molecule has 4 rings (SSSR count). The zero-order valence-electron chi connectivity index (χ0n) is 18.7. The fourth-order valence-electron chi connectivity index (χ4n) is 5.95. The van der Waals surface area contributed by atoms with Crippen LogP contribution in [0.5, 0.6) is 0 Å². The molecule has 4 aliphatic rings. The molecule has 0 aromatic heterocycles. The van der Waals surface area contributed by atoms with Gasteiger partial charge in [-0.3, -0.25) is 4.79 Å². The number of thiol groups is 1. The lowest BCUT2D eigenvalue weighted by atomic mass is 9.49. The maximum absolute atomic E-state index is 14.2. The summed E-state index contributed by atoms with van der Waals surface area (Å²) in [6.07, 6.45) is -4.14.